The third kappa shape index (κ3) is 5.24. The maximum atomic E-state index is 13.4. The molecule has 1 aromatic heterocycles. The SMILES string of the molecule is CC(=O)N1CCN(C2=NC(=O)/C(=C/c3ccc4c(cnn4Cc4ccc(F)cc4C(F)(F)F)c3)S2)CC1. The molecule has 2 aliphatic heterocycles. The van der Waals surface area contributed by atoms with E-state index in [9.17, 15) is 27.2 Å². The highest BCUT2D eigenvalue weighted by atomic mass is 32.2. The number of nitrogens with zero attached hydrogens (tertiary/aromatic N) is 5. The first-order valence-corrected chi connectivity index (χ1v) is 12.2. The molecule has 7 nitrogen and oxygen atoms in total. The van der Waals surface area contributed by atoms with Crippen molar-refractivity contribution in [2.45, 2.75) is 19.6 Å². The van der Waals surface area contributed by atoms with Crippen molar-refractivity contribution in [3.8, 4) is 0 Å². The van der Waals surface area contributed by atoms with Crippen LogP contribution in [-0.4, -0.2) is 62.7 Å². The predicted octanol–water partition coefficient (Wildman–Crippen LogP) is 4.38. The highest BCUT2D eigenvalue weighted by Crippen LogP contribution is 2.34. The summed E-state index contributed by atoms with van der Waals surface area (Å²) < 4.78 is 55.0. The fraction of sp³-hybridized carbons (Fsp3) is 0.280. The van der Waals surface area contributed by atoms with E-state index in [0.29, 0.717) is 53.2 Å². The summed E-state index contributed by atoms with van der Waals surface area (Å²) in [5, 5.41) is 5.51. The van der Waals surface area contributed by atoms with Gasteiger partial charge in [-0.05, 0) is 53.2 Å². The molecule has 192 valence electrons. The van der Waals surface area contributed by atoms with Crippen LogP contribution in [0.1, 0.15) is 23.6 Å². The van der Waals surface area contributed by atoms with Crippen LogP contribution in [0.3, 0.4) is 0 Å². The van der Waals surface area contributed by atoms with Crippen LogP contribution >= 0.6 is 11.8 Å². The quantitative estimate of drug-likeness (QED) is 0.371. The smallest absolute Gasteiger partial charge is 0.347 e. The van der Waals surface area contributed by atoms with E-state index >= 15 is 0 Å². The van der Waals surface area contributed by atoms with E-state index in [2.05, 4.69) is 10.1 Å². The largest absolute Gasteiger partial charge is 0.416 e. The van der Waals surface area contributed by atoms with Crippen LogP contribution in [0.4, 0.5) is 17.6 Å². The fourth-order valence-electron chi connectivity index (χ4n) is 4.33. The topological polar surface area (TPSA) is 70.8 Å². The molecule has 1 fully saturated rings. The summed E-state index contributed by atoms with van der Waals surface area (Å²) in [6, 6.07) is 7.86. The molecular weight excluding hydrogens is 510 g/mol. The van der Waals surface area contributed by atoms with Crippen molar-refractivity contribution in [2.75, 3.05) is 26.2 Å². The molecule has 0 bridgehead atoms. The van der Waals surface area contributed by atoms with E-state index < -0.39 is 17.6 Å². The number of piperazine rings is 1. The van der Waals surface area contributed by atoms with E-state index in [1.807, 2.05) is 4.90 Å². The molecule has 0 radical (unpaired) electrons. The lowest BCUT2D eigenvalue weighted by Gasteiger charge is -2.34. The van der Waals surface area contributed by atoms with Gasteiger partial charge in [0.2, 0.25) is 5.91 Å². The minimum absolute atomic E-state index is 0.0227. The van der Waals surface area contributed by atoms with Gasteiger partial charge < -0.3 is 9.80 Å². The van der Waals surface area contributed by atoms with Gasteiger partial charge in [0.1, 0.15) is 5.82 Å². The number of amides is 2. The van der Waals surface area contributed by atoms with Crippen LogP contribution in [0.25, 0.3) is 17.0 Å². The second-order valence-corrected chi connectivity index (χ2v) is 9.73. The Bertz CT molecular complexity index is 1460. The van der Waals surface area contributed by atoms with Crippen molar-refractivity contribution < 1.29 is 27.2 Å². The molecule has 0 saturated carbocycles. The molecule has 0 unspecified atom stereocenters. The van der Waals surface area contributed by atoms with Crippen molar-refractivity contribution in [3.63, 3.8) is 0 Å². The molecule has 2 aliphatic rings. The summed E-state index contributed by atoms with van der Waals surface area (Å²) in [6.45, 7) is 3.70. The summed E-state index contributed by atoms with van der Waals surface area (Å²) in [6.07, 6.45) is -1.44. The molecule has 0 atom stereocenters. The number of aromatic nitrogens is 2. The predicted molar refractivity (Wildman–Crippen MR) is 132 cm³/mol. The number of rotatable bonds is 3. The molecule has 0 spiro atoms. The van der Waals surface area contributed by atoms with E-state index in [1.54, 1.807) is 29.2 Å². The molecular formula is C25H21F4N5O2S. The normalized spacial score (nSPS) is 17.7. The summed E-state index contributed by atoms with van der Waals surface area (Å²) in [4.78, 5) is 32.4. The standard InChI is InChI=1S/C25H21F4N5O2S/c1-15(35)32-6-8-33(9-7-32)24-31-23(36)22(37-24)11-16-2-5-21-18(10-16)13-30-34(21)14-17-3-4-19(26)12-20(17)25(27,28)29/h2-5,10-13H,6-9,14H2,1H3/b22-11-. The molecule has 2 amide bonds. The van der Waals surface area contributed by atoms with Crippen molar-refractivity contribution in [1.29, 1.82) is 0 Å². The Kier molecular flexibility index (Phi) is 6.52. The summed E-state index contributed by atoms with van der Waals surface area (Å²) in [5.74, 6) is -1.28. The lowest BCUT2D eigenvalue weighted by atomic mass is 10.1. The minimum Gasteiger partial charge on any atom is -0.347 e. The van der Waals surface area contributed by atoms with Crippen LogP contribution in [0.2, 0.25) is 0 Å². The number of fused-ring (bicyclic) bond motifs is 1. The highest BCUT2D eigenvalue weighted by Gasteiger charge is 2.34. The van der Waals surface area contributed by atoms with Crippen molar-refractivity contribution in [2.24, 2.45) is 4.99 Å². The zero-order chi connectivity index (χ0) is 26.3. The molecule has 2 aromatic carbocycles. The van der Waals surface area contributed by atoms with Crippen molar-refractivity contribution in [1.82, 2.24) is 19.6 Å². The molecule has 0 N–H and O–H groups in total. The van der Waals surface area contributed by atoms with Gasteiger partial charge in [0.25, 0.3) is 5.91 Å². The van der Waals surface area contributed by atoms with Gasteiger partial charge in [0, 0.05) is 38.5 Å². The second-order valence-electron chi connectivity index (χ2n) is 8.72. The molecule has 12 heteroatoms. The molecule has 0 aliphatic carbocycles. The van der Waals surface area contributed by atoms with Crippen LogP contribution in [-0.2, 0) is 22.3 Å². The van der Waals surface area contributed by atoms with Crippen LogP contribution in [0.5, 0.6) is 0 Å². The van der Waals surface area contributed by atoms with Gasteiger partial charge in [0.05, 0.1) is 28.7 Å². The summed E-state index contributed by atoms with van der Waals surface area (Å²) in [5.41, 5.74) is 0.198. The van der Waals surface area contributed by atoms with Gasteiger partial charge in [-0.15, -0.1) is 0 Å². The van der Waals surface area contributed by atoms with Crippen LogP contribution in [0.15, 0.2) is 52.5 Å². The van der Waals surface area contributed by atoms with Gasteiger partial charge in [-0.2, -0.15) is 23.3 Å². The number of benzene rings is 2. The van der Waals surface area contributed by atoms with Crippen molar-refractivity contribution >= 4 is 45.7 Å². The Morgan fingerprint density at radius 2 is 1.86 bits per heavy atom. The number of amidine groups is 1. The molecule has 3 aromatic rings. The number of carbonyl (C=O) groups is 2. The van der Waals surface area contributed by atoms with Crippen LogP contribution in [0, 0.1) is 5.82 Å². The maximum Gasteiger partial charge on any atom is 0.416 e. The third-order valence-corrected chi connectivity index (χ3v) is 7.31. The number of carbonyl (C=O) groups excluding carboxylic acids is 2. The van der Waals surface area contributed by atoms with Gasteiger partial charge in [-0.3, -0.25) is 14.3 Å². The number of hydrogen-bond acceptors (Lipinski definition) is 5. The van der Waals surface area contributed by atoms with E-state index in [4.69, 9.17) is 0 Å². The summed E-state index contributed by atoms with van der Waals surface area (Å²) >= 11 is 1.27. The maximum absolute atomic E-state index is 13.4. The zero-order valence-corrected chi connectivity index (χ0v) is 20.4. The molecule has 5 rings (SSSR count). The average molecular weight is 532 g/mol. The Hall–Kier alpha value is -3.67. The second kappa shape index (κ2) is 9.66. The highest BCUT2D eigenvalue weighted by molar-refractivity contribution is 8.18. The van der Waals surface area contributed by atoms with E-state index in [-0.39, 0.29) is 23.9 Å². The molecule has 3 heterocycles. The lowest BCUT2D eigenvalue weighted by Crippen LogP contribution is -2.49. The number of hydrogen-bond donors (Lipinski definition) is 0. The van der Waals surface area contributed by atoms with E-state index in [1.165, 1.54) is 29.6 Å². The number of halogens is 4. The first kappa shape index (κ1) is 25.0. The minimum atomic E-state index is -4.69. The lowest BCUT2D eigenvalue weighted by molar-refractivity contribution is -0.138. The third-order valence-electron chi connectivity index (χ3n) is 6.27. The monoisotopic (exact) mass is 531 g/mol. The Morgan fingerprint density at radius 1 is 1.11 bits per heavy atom. The average Bonchev–Trinajstić information content (AvgIpc) is 3.42. The van der Waals surface area contributed by atoms with Gasteiger partial charge >= 0.3 is 6.18 Å². The Balaban J connectivity index is 1.32. The Morgan fingerprint density at radius 3 is 2.57 bits per heavy atom. The molecule has 1 saturated heterocycles. The Labute approximate surface area is 213 Å². The van der Waals surface area contributed by atoms with E-state index in [0.717, 1.165) is 17.7 Å². The number of aliphatic imine (C=N–C) groups is 1. The fourth-order valence-corrected chi connectivity index (χ4v) is 5.30. The van der Waals surface area contributed by atoms with Crippen molar-refractivity contribution in [3.05, 3.63) is 70.0 Å². The summed E-state index contributed by atoms with van der Waals surface area (Å²) in [7, 11) is 0. The first-order valence-electron chi connectivity index (χ1n) is 11.4. The van der Waals surface area contributed by atoms with Gasteiger partial charge in [-0.1, -0.05) is 12.1 Å². The van der Waals surface area contributed by atoms with Gasteiger partial charge in [0.15, 0.2) is 5.17 Å². The number of alkyl halides is 3. The van der Waals surface area contributed by atoms with Crippen LogP contribution < -0.4 is 0 Å². The first-order chi connectivity index (χ1) is 17.6. The zero-order valence-electron chi connectivity index (χ0n) is 19.6. The molecule has 37 heavy (non-hydrogen) atoms. The number of thioether (sulfide) groups is 1. The van der Waals surface area contributed by atoms with Gasteiger partial charge in [-0.25, -0.2) is 4.39 Å².